The molecule has 0 bridgehead atoms. The van der Waals surface area contributed by atoms with Gasteiger partial charge in [-0.1, -0.05) is 24.3 Å². The van der Waals surface area contributed by atoms with E-state index in [1.807, 2.05) is 24.3 Å². The van der Waals surface area contributed by atoms with Gasteiger partial charge in [-0.3, -0.25) is 9.78 Å². The molecule has 3 N–H and O–H groups in total. The SMILES string of the molecule is N[C@@H](COC(=O)c1ccc2ccc3cccnc3c2n1)C(=O)O. The number of hydrogen-bond acceptors (Lipinski definition) is 6. The molecular formula is C16H13N3O4. The van der Waals surface area contributed by atoms with Gasteiger partial charge in [0.1, 0.15) is 18.3 Å². The summed E-state index contributed by atoms with van der Waals surface area (Å²) >= 11 is 0. The molecule has 0 aliphatic carbocycles. The largest absolute Gasteiger partial charge is 0.480 e. The molecule has 0 unspecified atom stereocenters. The van der Waals surface area contributed by atoms with Crippen LogP contribution in [-0.2, 0) is 9.53 Å². The first-order chi connectivity index (χ1) is 11.1. The van der Waals surface area contributed by atoms with E-state index in [1.54, 1.807) is 12.3 Å². The molecule has 7 nitrogen and oxygen atoms in total. The molecule has 1 atom stereocenters. The van der Waals surface area contributed by atoms with Crippen molar-refractivity contribution in [3.63, 3.8) is 0 Å². The van der Waals surface area contributed by atoms with Gasteiger partial charge in [0, 0.05) is 17.0 Å². The monoisotopic (exact) mass is 311 g/mol. The lowest BCUT2D eigenvalue weighted by atomic mass is 10.1. The highest BCUT2D eigenvalue weighted by atomic mass is 16.5. The molecular weight excluding hydrogens is 298 g/mol. The van der Waals surface area contributed by atoms with E-state index in [4.69, 9.17) is 15.6 Å². The number of rotatable bonds is 4. The zero-order valence-electron chi connectivity index (χ0n) is 12.0. The first kappa shape index (κ1) is 14.9. The number of carbonyl (C=O) groups is 2. The van der Waals surface area contributed by atoms with Gasteiger partial charge in [0.25, 0.3) is 0 Å². The second-order valence-electron chi connectivity index (χ2n) is 4.95. The van der Waals surface area contributed by atoms with Gasteiger partial charge >= 0.3 is 11.9 Å². The number of ether oxygens (including phenoxy) is 1. The van der Waals surface area contributed by atoms with E-state index < -0.39 is 24.6 Å². The van der Waals surface area contributed by atoms with Crippen LogP contribution in [0, 0.1) is 0 Å². The Kier molecular flexibility index (Phi) is 3.86. The van der Waals surface area contributed by atoms with Crippen LogP contribution in [0.4, 0.5) is 0 Å². The third-order valence-corrected chi connectivity index (χ3v) is 3.35. The summed E-state index contributed by atoms with van der Waals surface area (Å²) in [6.07, 6.45) is 1.65. The number of carboxylic acids is 1. The fourth-order valence-electron chi connectivity index (χ4n) is 2.15. The molecule has 2 heterocycles. The van der Waals surface area contributed by atoms with Crippen molar-refractivity contribution in [2.75, 3.05) is 6.61 Å². The van der Waals surface area contributed by atoms with Crippen LogP contribution in [0.25, 0.3) is 21.8 Å². The van der Waals surface area contributed by atoms with Crippen molar-refractivity contribution >= 4 is 33.7 Å². The number of carboxylic acid groups (broad SMARTS) is 1. The van der Waals surface area contributed by atoms with Crippen molar-refractivity contribution in [1.29, 1.82) is 0 Å². The average molecular weight is 311 g/mol. The molecule has 0 spiro atoms. The minimum Gasteiger partial charge on any atom is -0.480 e. The van der Waals surface area contributed by atoms with Crippen LogP contribution in [0.5, 0.6) is 0 Å². The summed E-state index contributed by atoms with van der Waals surface area (Å²) in [6.45, 7) is -0.415. The number of aliphatic carboxylic acids is 1. The van der Waals surface area contributed by atoms with Crippen LogP contribution in [0.15, 0.2) is 42.6 Å². The summed E-state index contributed by atoms with van der Waals surface area (Å²) in [4.78, 5) is 31.2. The molecule has 0 saturated heterocycles. The van der Waals surface area contributed by atoms with E-state index in [9.17, 15) is 9.59 Å². The molecule has 0 aliphatic heterocycles. The van der Waals surface area contributed by atoms with Gasteiger partial charge in [0.15, 0.2) is 0 Å². The van der Waals surface area contributed by atoms with Crippen molar-refractivity contribution in [1.82, 2.24) is 9.97 Å². The maximum absolute atomic E-state index is 12.0. The number of aromatic nitrogens is 2. The van der Waals surface area contributed by atoms with E-state index in [0.29, 0.717) is 11.0 Å². The van der Waals surface area contributed by atoms with Gasteiger partial charge in [0.05, 0.1) is 11.0 Å². The van der Waals surface area contributed by atoms with Crippen LogP contribution >= 0.6 is 0 Å². The Hall–Kier alpha value is -3.06. The van der Waals surface area contributed by atoms with Crippen molar-refractivity contribution in [2.45, 2.75) is 6.04 Å². The number of nitrogens with two attached hydrogens (primary N) is 1. The average Bonchev–Trinajstić information content (AvgIpc) is 2.58. The second kappa shape index (κ2) is 5.98. The fraction of sp³-hybridized carbons (Fsp3) is 0.125. The summed E-state index contributed by atoms with van der Waals surface area (Å²) in [5.41, 5.74) is 6.64. The number of pyridine rings is 2. The van der Waals surface area contributed by atoms with Gasteiger partial charge in [-0.15, -0.1) is 0 Å². The molecule has 3 aromatic rings. The lowest BCUT2D eigenvalue weighted by Crippen LogP contribution is -2.35. The zero-order chi connectivity index (χ0) is 16.4. The summed E-state index contributed by atoms with van der Waals surface area (Å²) in [7, 11) is 0. The highest BCUT2D eigenvalue weighted by Gasteiger charge is 2.17. The van der Waals surface area contributed by atoms with Gasteiger partial charge in [-0.05, 0) is 12.1 Å². The van der Waals surface area contributed by atoms with Crippen LogP contribution in [0.2, 0.25) is 0 Å². The topological polar surface area (TPSA) is 115 Å². The quantitative estimate of drug-likeness (QED) is 0.552. The molecule has 0 amide bonds. The number of nitrogens with zero attached hydrogens (tertiary/aromatic N) is 2. The number of hydrogen-bond donors (Lipinski definition) is 2. The Morgan fingerprint density at radius 3 is 2.57 bits per heavy atom. The molecule has 7 heteroatoms. The van der Waals surface area contributed by atoms with E-state index in [1.165, 1.54) is 6.07 Å². The fourth-order valence-corrected chi connectivity index (χ4v) is 2.15. The maximum Gasteiger partial charge on any atom is 0.357 e. The molecule has 23 heavy (non-hydrogen) atoms. The first-order valence-electron chi connectivity index (χ1n) is 6.86. The van der Waals surface area contributed by atoms with Crippen LogP contribution in [0.3, 0.4) is 0 Å². The lowest BCUT2D eigenvalue weighted by molar-refractivity contribution is -0.139. The van der Waals surface area contributed by atoms with Gasteiger partial charge in [0.2, 0.25) is 0 Å². The van der Waals surface area contributed by atoms with Gasteiger partial charge < -0.3 is 15.6 Å². The molecule has 0 radical (unpaired) electrons. The standard InChI is InChI=1S/C16H13N3O4/c17-11(15(20)21)8-23-16(22)12-6-5-10-4-3-9-2-1-7-18-13(9)14(10)19-12/h1-7,11H,8,17H2,(H,20,21)/t11-/m0/s1. The molecule has 0 saturated carbocycles. The highest BCUT2D eigenvalue weighted by molar-refractivity contribution is 6.04. The molecule has 3 rings (SSSR count). The van der Waals surface area contributed by atoms with Crippen molar-refractivity contribution in [3.05, 3.63) is 48.3 Å². The van der Waals surface area contributed by atoms with E-state index in [2.05, 4.69) is 9.97 Å². The third-order valence-electron chi connectivity index (χ3n) is 3.35. The molecule has 0 fully saturated rings. The Labute approximate surface area is 130 Å². The Balaban J connectivity index is 1.94. The summed E-state index contributed by atoms with van der Waals surface area (Å²) in [6, 6.07) is 9.54. The number of esters is 1. The second-order valence-corrected chi connectivity index (χ2v) is 4.95. The van der Waals surface area contributed by atoms with E-state index in [-0.39, 0.29) is 5.69 Å². The predicted octanol–water partition coefficient (Wildman–Crippen LogP) is 1.35. The van der Waals surface area contributed by atoms with Crippen molar-refractivity contribution in [2.24, 2.45) is 5.73 Å². The highest BCUT2D eigenvalue weighted by Crippen LogP contribution is 2.22. The number of fused-ring (bicyclic) bond motifs is 3. The Morgan fingerprint density at radius 1 is 1.13 bits per heavy atom. The normalized spacial score (nSPS) is 12.2. The van der Waals surface area contributed by atoms with Crippen LogP contribution in [-0.4, -0.2) is 39.7 Å². The van der Waals surface area contributed by atoms with E-state index in [0.717, 1.165) is 10.8 Å². The molecule has 0 aliphatic rings. The number of benzene rings is 1. The van der Waals surface area contributed by atoms with Gasteiger partial charge in [-0.2, -0.15) is 0 Å². The Bertz CT molecular complexity index is 910. The summed E-state index contributed by atoms with van der Waals surface area (Å²) < 4.78 is 4.88. The Morgan fingerprint density at radius 2 is 1.83 bits per heavy atom. The summed E-state index contributed by atoms with van der Waals surface area (Å²) in [5, 5.41) is 10.4. The molecule has 116 valence electrons. The smallest absolute Gasteiger partial charge is 0.357 e. The maximum atomic E-state index is 12.0. The van der Waals surface area contributed by atoms with Crippen LogP contribution < -0.4 is 5.73 Å². The van der Waals surface area contributed by atoms with Gasteiger partial charge in [-0.25, -0.2) is 9.78 Å². The minimum atomic E-state index is -1.26. The first-order valence-corrected chi connectivity index (χ1v) is 6.86. The molecule has 1 aromatic carbocycles. The van der Waals surface area contributed by atoms with Crippen molar-refractivity contribution < 1.29 is 19.4 Å². The zero-order valence-corrected chi connectivity index (χ0v) is 12.0. The minimum absolute atomic E-state index is 0.0771. The number of carbonyl (C=O) groups excluding carboxylic acids is 1. The van der Waals surface area contributed by atoms with E-state index >= 15 is 0 Å². The van der Waals surface area contributed by atoms with Crippen LogP contribution in [0.1, 0.15) is 10.5 Å². The third kappa shape index (κ3) is 2.95. The summed E-state index contributed by atoms with van der Waals surface area (Å²) in [5.74, 6) is -1.96. The predicted molar refractivity (Wildman–Crippen MR) is 82.9 cm³/mol. The lowest BCUT2D eigenvalue weighted by Gasteiger charge is -2.08. The van der Waals surface area contributed by atoms with Crippen molar-refractivity contribution in [3.8, 4) is 0 Å². The molecule has 2 aromatic heterocycles.